The molecule has 1 heterocycles. The van der Waals surface area contributed by atoms with Gasteiger partial charge in [-0.25, -0.2) is 4.98 Å². The quantitative estimate of drug-likeness (QED) is 0.820. The van der Waals surface area contributed by atoms with Gasteiger partial charge >= 0.3 is 0 Å². The number of nitrogens with zero attached hydrogens (tertiary/aromatic N) is 1. The van der Waals surface area contributed by atoms with Crippen molar-refractivity contribution in [3.8, 4) is 0 Å². The summed E-state index contributed by atoms with van der Waals surface area (Å²) in [6.07, 6.45) is 1.75. The molecule has 2 nitrogen and oxygen atoms in total. The summed E-state index contributed by atoms with van der Waals surface area (Å²) in [5.41, 5.74) is 1.89. The molecule has 0 aliphatic carbocycles. The van der Waals surface area contributed by atoms with Crippen LogP contribution in [0.4, 0.5) is 5.69 Å². The van der Waals surface area contributed by atoms with E-state index >= 15 is 0 Å². The molecule has 0 radical (unpaired) electrons. The number of aromatic nitrogens is 1. The number of benzene rings is 1. The van der Waals surface area contributed by atoms with Gasteiger partial charge in [-0.15, -0.1) is 0 Å². The Morgan fingerprint density at radius 3 is 2.71 bits per heavy atom. The van der Waals surface area contributed by atoms with E-state index in [1.165, 1.54) is 0 Å². The molecule has 0 atom stereocenters. The Morgan fingerprint density at radius 1 is 1.18 bits per heavy atom. The number of pyridine rings is 1. The molecule has 0 amide bonds. The maximum Gasteiger partial charge on any atom is 0.106 e. The van der Waals surface area contributed by atoms with Gasteiger partial charge in [-0.05, 0) is 51.8 Å². The average Bonchev–Trinajstić information content (AvgIpc) is 2.32. The van der Waals surface area contributed by atoms with Crippen LogP contribution < -0.4 is 5.32 Å². The van der Waals surface area contributed by atoms with Gasteiger partial charge in [0.1, 0.15) is 4.60 Å². The van der Waals surface area contributed by atoms with Crippen LogP contribution in [0.15, 0.2) is 41.1 Å². The van der Waals surface area contributed by atoms with Crippen molar-refractivity contribution in [3.63, 3.8) is 0 Å². The lowest BCUT2D eigenvalue weighted by atomic mass is 10.2. The summed E-state index contributed by atoms with van der Waals surface area (Å²) in [4.78, 5) is 4.13. The highest BCUT2D eigenvalue weighted by molar-refractivity contribution is 9.10. The van der Waals surface area contributed by atoms with Crippen LogP contribution >= 0.6 is 39.1 Å². The maximum atomic E-state index is 6.07. The standard InChI is InChI=1S/C12H9BrCl2N2/c13-12-4-2-10(7-17-12)16-6-8-5-9(14)1-3-11(8)15/h1-5,7,16H,6H2. The summed E-state index contributed by atoms with van der Waals surface area (Å²) in [6.45, 7) is 0.614. The first kappa shape index (κ1) is 12.7. The second-order valence-corrected chi connectivity index (χ2v) is 5.11. The third-order valence-corrected chi connectivity index (χ3v) is 3.29. The molecule has 0 aliphatic rings. The number of halogens is 3. The number of hydrogen-bond acceptors (Lipinski definition) is 2. The first-order valence-corrected chi connectivity index (χ1v) is 6.49. The topological polar surface area (TPSA) is 24.9 Å². The monoisotopic (exact) mass is 330 g/mol. The van der Waals surface area contributed by atoms with Crippen LogP contribution in [0, 0.1) is 0 Å². The molecule has 0 fully saturated rings. The Morgan fingerprint density at radius 2 is 2.00 bits per heavy atom. The van der Waals surface area contributed by atoms with Crippen LogP contribution in [0.2, 0.25) is 10.0 Å². The molecule has 5 heteroatoms. The van der Waals surface area contributed by atoms with E-state index < -0.39 is 0 Å². The van der Waals surface area contributed by atoms with Gasteiger partial charge in [-0.3, -0.25) is 0 Å². The predicted octanol–water partition coefficient (Wildman–Crippen LogP) is 4.76. The summed E-state index contributed by atoms with van der Waals surface area (Å²) in [7, 11) is 0. The van der Waals surface area contributed by atoms with Gasteiger partial charge in [0, 0.05) is 16.6 Å². The van der Waals surface area contributed by atoms with Crippen molar-refractivity contribution in [1.82, 2.24) is 4.98 Å². The van der Waals surface area contributed by atoms with Crippen molar-refractivity contribution in [2.45, 2.75) is 6.54 Å². The van der Waals surface area contributed by atoms with E-state index in [4.69, 9.17) is 23.2 Å². The van der Waals surface area contributed by atoms with Crippen molar-refractivity contribution >= 4 is 44.8 Å². The van der Waals surface area contributed by atoms with Crippen molar-refractivity contribution in [2.24, 2.45) is 0 Å². The Hall–Kier alpha value is -0.770. The van der Waals surface area contributed by atoms with Gasteiger partial charge in [-0.2, -0.15) is 0 Å². The number of nitrogens with one attached hydrogen (secondary N) is 1. The molecule has 17 heavy (non-hydrogen) atoms. The summed E-state index contributed by atoms with van der Waals surface area (Å²) >= 11 is 15.3. The van der Waals surface area contributed by atoms with Crippen molar-refractivity contribution in [1.29, 1.82) is 0 Å². The average molecular weight is 332 g/mol. The molecule has 0 saturated heterocycles. The third kappa shape index (κ3) is 3.60. The highest BCUT2D eigenvalue weighted by atomic mass is 79.9. The van der Waals surface area contributed by atoms with E-state index in [-0.39, 0.29) is 0 Å². The second kappa shape index (κ2) is 5.71. The van der Waals surface area contributed by atoms with Crippen molar-refractivity contribution < 1.29 is 0 Å². The van der Waals surface area contributed by atoms with Crippen LogP contribution in [-0.4, -0.2) is 4.98 Å². The molecule has 0 spiro atoms. The Balaban J connectivity index is 2.07. The summed E-state index contributed by atoms with van der Waals surface area (Å²) in [6, 6.07) is 9.23. The molecule has 2 rings (SSSR count). The van der Waals surface area contributed by atoms with Crippen molar-refractivity contribution in [3.05, 3.63) is 56.7 Å². The largest absolute Gasteiger partial charge is 0.380 e. The zero-order valence-corrected chi connectivity index (χ0v) is 11.9. The zero-order valence-electron chi connectivity index (χ0n) is 8.75. The summed E-state index contributed by atoms with van der Waals surface area (Å²) < 4.78 is 0.809. The lowest BCUT2D eigenvalue weighted by molar-refractivity contribution is 1.13. The fourth-order valence-corrected chi connectivity index (χ4v) is 1.97. The highest BCUT2D eigenvalue weighted by Crippen LogP contribution is 2.21. The molecular formula is C12H9BrCl2N2. The minimum absolute atomic E-state index is 0.614. The number of anilines is 1. The Labute approximate surface area is 118 Å². The van der Waals surface area contributed by atoms with Crippen LogP contribution in [0.25, 0.3) is 0 Å². The van der Waals surface area contributed by atoms with E-state index in [1.807, 2.05) is 18.2 Å². The predicted molar refractivity (Wildman–Crippen MR) is 75.7 cm³/mol. The van der Waals surface area contributed by atoms with E-state index in [2.05, 4.69) is 26.2 Å². The maximum absolute atomic E-state index is 6.07. The minimum atomic E-state index is 0.614. The summed E-state index contributed by atoms with van der Waals surface area (Å²) in [5.74, 6) is 0. The molecule has 1 aromatic heterocycles. The first-order chi connectivity index (χ1) is 8.15. The molecule has 1 aromatic carbocycles. The molecule has 2 aromatic rings. The van der Waals surface area contributed by atoms with E-state index in [9.17, 15) is 0 Å². The van der Waals surface area contributed by atoms with E-state index in [1.54, 1.807) is 18.3 Å². The smallest absolute Gasteiger partial charge is 0.106 e. The second-order valence-electron chi connectivity index (χ2n) is 3.46. The molecule has 0 unspecified atom stereocenters. The third-order valence-electron chi connectivity index (χ3n) is 2.22. The summed E-state index contributed by atoms with van der Waals surface area (Å²) in [5, 5.41) is 4.61. The Kier molecular flexibility index (Phi) is 4.26. The SMILES string of the molecule is Clc1ccc(Cl)c(CNc2ccc(Br)nc2)c1. The molecule has 88 valence electrons. The lowest BCUT2D eigenvalue weighted by Crippen LogP contribution is -2.00. The van der Waals surface area contributed by atoms with Crippen molar-refractivity contribution in [2.75, 3.05) is 5.32 Å². The molecule has 0 saturated carbocycles. The Bertz CT molecular complexity index is 514. The van der Waals surface area contributed by atoms with Crippen LogP contribution in [0.5, 0.6) is 0 Å². The molecule has 0 aliphatic heterocycles. The van der Waals surface area contributed by atoms with Gasteiger partial charge in [0.05, 0.1) is 11.9 Å². The van der Waals surface area contributed by atoms with E-state index in [0.717, 1.165) is 15.9 Å². The fraction of sp³-hybridized carbons (Fsp3) is 0.0833. The van der Waals surface area contributed by atoms with Crippen LogP contribution in [0.3, 0.4) is 0 Å². The zero-order chi connectivity index (χ0) is 12.3. The first-order valence-electron chi connectivity index (χ1n) is 4.94. The van der Waals surface area contributed by atoms with Gasteiger partial charge in [0.25, 0.3) is 0 Å². The normalized spacial score (nSPS) is 10.3. The fourth-order valence-electron chi connectivity index (χ4n) is 1.36. The highest BCUT2D eigenvalue weighted by Gasteiger charge is 2.01. The lowest BCUT2D eigenvalue weighted by Gasteiger charge is -2.08. The number of rotatable bonds is 3. The van der Waals surface area contributed by atoms with Gasteiger partial charge in [-0.1, -0.05) is 23.2 Å². The minimum Gasteiger partial charge on any atom is -0.380 e. The molecular weight excluding hydrogens is 323 g/mol. The molecule has 1 N–H and O–H groups in total. The van der Waals surface area contributed by atoms with Gasteiger partial charge in [0.2, 0.25) is 0 Å². The molecule has 0 bridgehead atoms. The van der Waals surface area contributed by atoms with E-state index in [0.29, 0.717) is 16.6 Å². The number of hydrogen-bond donors (Lipinski definition) is 1. The van der Waals surface area contributed by atoms with Crippen LogP contribution in [0.1, 0.15) is 5.56 Å². The van der Waals surface area contributed by atoms with Gasteiger partial charge < -0.3 is 5.32 Å². The van der Waals surface area contributed by atoms with Gasteiger partial charge in [0.15, 0.2) is 0 Å². The van der Waals surface area contributed by atoms with Crippen LogP contribution in [-0.2, 0) is 6.54 Å².